The highest BCUT2D eigenvalue weighted by atomic mass is 32.1. The SMILES string of the molecule is Cc1cc(C)cc(-c2nnc(C)c3c2sc2cc(CC(C)(C)C)ccc23)c1. The van der Waals surface area contributed by atoms with E-state index in [0.29, 0.717) is 0 Å². The van der Waals surface area contributed by atoms with Crippen molar-refractivity contribution in [1.29, 1.82) is 0 Å². The normalized spacial score (nSPS) is 12.2. The van der Waals surface area contributed by atoms with Crippen LogP contribution < -0.4 is 0 Å². The Hall–Kier alpha value is -2.26. The molecule has 4 rings (SSSR count). The molecule has 0 fully saturated rings. The van der Waals surface area contributed by atoms with Crippen LogP contribution in [0.2, 0.25) is 0 Å². The zero-order chi connectivity index (χ0) is 19.3. The van der Waals surface area contributed by atoms with Crippen molar-refractivity contribution in [3.8, 4) is 11.3 Å². The van der Waals surface area contributed by atoms with Crippen LogP contribution in [0.15, 0.2) is 36.4 Å². The summed E-state index contributed by atoms with van der Waals surface area (Å²) in [7, 11) is 0. The molecule has 0 aliphatic heterocycles. The van der Waals surface area contributed by atoms with E-state index in [4.69, 9.17) is 0 Å². The highest BCUT2D eigenvalue weighted by molar-refractivity contribution is 7.26. The fraction of sp³-hybridized carbons (Fsp3) is 0.333. The third kappa shape index (κ3) is 3.49. The van der Waals surface area contributed by atoms with E-state index in [2.05, 4.69) is 88.1 Å². The van der Waals surface area contributed by atoms with Crippen molar-refractivity contribution in [1.82, 2.24) is 10.2 Å². The Bertz CT molecular complexity index is 1140. The minimum absolute atomic E-state index is 0.285. The molecule has 0 atom stereocenters. The van der Waals surface area contributed by atoms with Gasteiger partial charge in [-0.15, -0.1) is 16.4 Å². The molecule has 3 heteroatoms. The van der Waals surface area contributed by atoms with Gasteiger partial charge in [-0.05, 0) is 56.4 Å². The lowest BCUT2D eigenvalue weighted by Crippen LogP contribution is -2.08. The highest BCUT2D eigenvalue weighted by Gasteiger charge is 2.17. The van der Waals surface area contributed by atoms with Gasteiger partial charge in [0.15, 0.2) is 0 Å². The van der Waals surface area contributed by atoms with Gasteiger partial charge >= 0.3 is 0 Å². The van der Waals surface area contributed by atoms with E-state index >= 15 is 0 Å². The monoisotopic (exact) mass is 374 g/mol. The number of benzene rings is 2. The Morgan fingerprint density at radius 1 is 0.889 bits per heavy atom. The Labute approximate surface area is 165 Å². The predicted molar refractivity (Wildman–Crippen MR) is 118 cm³/mol. The van der Waals surface area contributed by atoms with Crippen molar-refractivity contribution in [2.75, 3.05) is 0 Å². The van der Waals surface area contributed by atoms with Crippen LogP contribution in [0.3, 0.4) is 0 Å². The molecule has 0 unspecified atom stereocenters. The fourth-order valence-corrected chi connectivity index (χ4v) is 5.24. The lowest BCUT2D eigenvalue weighted by molar-refractivity contribution is 0.411. The molecule has 138 valence electrons. The summed E-state index contributed by atoms with van der Waals surface area (Å²) in [4.78, 5) is 0. The molecule has 2 nitrogen and oxygen atoms in total. The predicted octanol–water partition coefficient (Wildman–Crippen LogP) is 7.03. The zero-order valence-electron chi connectivity index (χ0n) is 17.0. The first-order chi connectivity index (χ1) is 12.7. The van der Waals surface area contributed by atoms with Crippen LogP contribution in [0.25, 0.3) is 31.4 Å². The second kappa shape index (κ2) is 6.42. The van der Waals surface area contributed by atoms with Crippen LogP contribution in [0.5, 0.6) is 0 Å². The second-order valence-electron chi connectivity index (χ2n) is 8.88. The molecule has 2 heterocycles. The molecule has 0 spiro atoms. The molecule has 0 aliphatic carbocycles. The first-order valence-electron chi connectivity index (χ1n) is 9.48. The summed E-state index contributed by atoms with van der Waals surface area (Å²) < 4.78 is 2.57. The van der Waals surface area contributed by atoms with Crippen LogP contribution in [0, 0.1) is 26.2 Å². The van der Waals surface area contributed by atoms with Crippen molar-refractivity contribution in [3.63, 3.8) is 0 Å². The Morgan fingerprint density at radius 2 is 1.59 bits per heavy atom. The number of thiophene rings is 1. The number of aryl methyl sites for hydroxylation is 3. The van der Waals surface area contributed by atoms with Crippen LogP contribution in [-0.2, 0) is 6.42 Å². The summed E-state index contributed by atoms with van der Waals surface area (Å²) in [5, 5.41) is 11.6. The number of hydrogen-bond acceptors (Lipinski definition) is 3. The maximum absolute atomic E-state index is 4.60. The first-order valence-corrected chi connectivity index (χ1v) is 10.3. The quantitative estimate of drug-likeness (QED) is 0.376. The van der Waals surface area contributed by atoms with E-state index in [-0.39, 0.29) is 5.41 Å². The Kier molecular flexibility index (Phi) is 4.31. The van der Waals surface area contributed by atoms with Gasteiger partial charge in [0.2, 0.25) is 0 Å². The average Bonchev–Trinajstić information content (AvgIpc) is 2.91. The Balaban J connectivity index is 1.97. The van der Waals surface area contributed by atoms with Crippen molar-refractivity contribution < 1.29 is 0 Å². The van der Waals surface area contributed by atoms with Gasteiger partial charge in [0, 0.05) is 21.0 Å². The molecule has 0 radical (unpaired) electrons. The lowest BCUT2D eigenvalue weighted by Gasteiger charge is -2.17. The number of rotatable bonds is 2. The lowest BCUT2D eigenvalue weighted by atomic mass is 9.88. The van der Waals surface area contributed by atoms with Crippen LogP contribution in [0.4, 0.5) is 0 Å². The summed E-state index contributed by atoms with van der Waals surface area (Å²) in [5.74, 6) is 0. The van der Waals surface area contributed by atoms with Gasteiger partial charge in [0.05, 0.1) is 10.4 Å². The van der Waals surface area contributed by atoms with E-state index in [1.165, 1.54) is 36.9 Å². The highest BCUT2D eigenvalue weighted by Crippen LogP contribution is 2.40. The summed E-state index contributed by atoms with van der Waals surface area (Å²) in [5.41, 5.74) is 7.37. The molecule has 0 N–H and O–H groups in total. The summed E-state index contributed by atoms with van der Waals surface area (Å²) in [6.07, 6.45) is 1.08. The van der Waals surface area contributed by atoms with Gasteiger partial charge < -0.3 is 0 Å². The number of nitrogens with zero attached hydrogens (tertiary/aromatic N) is 2. The molecule has 2 aromatic carbocycles. The van der Waals surface area contributed by atoms with Crippen molar-refractivity contribution in [2.24, 2.45) is 5.41 Å². The first kappa shape index (κ1) is 18.1. The molecular formula is C24H26N2S. The van der Waals surface area contributed by atoms with E-state index in [1.807, 2.05) is 11.3 Å². The molecule has 0 saturated carbocycles. The zero-order valence-corrected chi connectivity index (χ0v) is 17.8. The average molecular weight is 375 g/mol. The third-order valence-electron chi connectivity index (χ3n) is 4.86. The molecule has 0 aliphatic rings. The molecule has 0 amide bonds. The van der Waals surface area contributed by atoms with Gasteiger partial charge in [-0.2, -0.15) is 5.10 Å². The van der Waals surface area contributed by atoms with Crippen LogP contribution in [0.1, 0.15) is 43.2 Å². The molecule has 0 bridgehead atoms. The number of fused-ring (bicyclic) bond motifs is 3. The summed E-state index contributed by atoms with van der Waals surface area (Å²) in [6.45, 7) is 13.2. The van der Waals surface area contributed by atoms with Gasteiger partial charge in [0.25, 0.3) is 0 Å². The number of aromatic nitrogens is 2. The second-order valence-corrected chi connectivity index (χ2v) is 9.94. The smallest absolute Gasteiger partial charge is 0.111 e. The van der Waals surface area contributed by atoms with Gasteiger partial charge in [0.1, 0.15) is 5.69 Å². The third-order valence-corrected chi connectivity index (χ3v) is 6.02. The molecular weight excluding hydrogens is 348 g/mol. The minimum atomic E-state index is 0.285. The summed E-state index contributed by atoms with van der Waals surface area (Å²) >= 11 is 1.85. The number of hydrogen-bond donors (Lipinski definition) is 0. The fourth-order valence-electron chi connectivity index (χ4n) is 3.91. The molecule has 27 heavy (non-hydrogen) atoms. The molecule has 4 aromatic rings. The van der Waals surface area contributed by atoms with E-state index in [0.717, 1.165) is 23.4 Å². The minimum Gasteiger partial charge on any atom is -0.155 e. The van der Waals surface area contributed by atoms with Crippen molar-refractivity contribution in [2.45, 2.75) is 48.0 Å². The molecule has 2 aromatic heterocycles. The van der Waals surface area contributed by atoms with Gasteiger partial charge in [-0.25, -0.2) is 0 Å². The van der Waals surface area contributed by atoms with Crippen molar-refractivity contribution in [3.05, 3.63) is 58.8 Å². The van der Waals surface area contributed by atoms with E-state index < -0.39 is 0 Å². The topological polar surface area (TPSA) is 25.8 Å². The van der Waals surface area contributed by atoms with Crippen LogP contribution >= 0.6 is 11.3 Å². The maximum Gasteiger partial charge on any atom is 0.111 e. The van der Waals surface area contributed by atoms with E-state index in [9.17, 15) is 0 Å². The van der Waals surface area contributed by atoms with Gasteiger partial charge in [-0.3, -0.25) is 0 Å². The van der Waals surface area contributed by atoms with Gasteiger partial charge in [-0.1, -0.05) is 50.1 Å². The summed E-state index contributed by atoms with van der Waals surface area (Å²) in [6, 6.07) is 13.5. The van der Waals surface area contributed by atoms with Crippen LogP contribution in [-0.4, -0.2) is 10.2 Å². The standard InChI is InChI=1S/C24H26N2S/c1-14-9-15(2)11-18(10-14)22-23-21(16(3)25-26-22)19-8-7-17(12-20(19)27-23)13-24(4,5)6/h7-12H,13H2,1-6H3. The Morgan fingerprint density at radius 3 is 2.26 bits per heavy atom. The molecule has 0 saturated heterocycles. The van der Waals surface area contributed by atoms with E-state index in [1.54, 1.807) is 0 Å². The maximum atomic E-state index is 4.60. The largest absolute Gasteiger partial charge is 0.155 e. The van der Waals surface area contributed by atoms with Crippen molar-refractivity contribution >= 4 is 31.5 Å².